The lowest BCUT2D eigenvalue weighted by atomic mass is 10.0. The monoisotopic (exact) mass is 303 g/mol. The third kappa shape index (κ3) is 6.08. The van der Waals surface area contributed by atoms with E-state index in [1.54, 1.807) is 0 Å². The van der Waals surface area contributed by atoms with Crippen LogP contribution in [0.5, 0.6) is 5.75 Å². The van der Waals surface area contributed by atoms with Gasteiger partial charge in [0.25, 0.3) is 0 Å². The number of carbonyl (C=O) groups is 1. The molecule has 3 nitrogen and oxygen atoms in total. The van der Waals surface area contributed by atoms with Crippen molar-refractivity contribution in [3.63, 3.8) is 0 Å². The van der Waals surface area contributed by atoms with Crippen LogP contribution < -0.4 is 10.1 Å². The van der Waals surface area contributed by atoms with E-state index in [9.17, 15) is 4.79 Å². The fourth-order valence-corrected chi connectivity index (χ4v) is 3.18. The molecule has 1 amide bonds. The van der Waals surface area contributed by atoms with Crippen molar-refractivity contribution in [3.05, 3.63) is 29.8 Å². The summed E-state index contributed by atoms with van der Waals surface area (Å²) in [5, 5.41) is 3.04. The highest BCUT2D eigenvalue weighted by molar-refractivity contribution is 5.76. The first kappa shape index (κ1) is 16.9. The van der Waals surface area contributed by atoms with Crippen molar-refractivity contribution in [2.75, 3.05) is 13.2 Å². The third-order valence-corrected chi connectivity index (χ3v) is 4.46. The van der Waals surface area contributed by atoms with Gasteiger partial charge in [0.1, 0.15) is 5.75 Å². The summed E-state index contributed by atoms with van der Waals surface area (Å²) in [5.41, 5.74) is 1.18. The van der Waals surface area contributed by atoms with E-state index in [1.807, 2.05) is 31.2 Å². The molecule has 122 valence electrons. The zero-order valence-electron chi connectivity index (χ0n) is 13.8. The standard InChI is InChI=1S/C19H29NO2/c1-2-22-18-12-9-17(10-13-18)11-14-19(21)20-15-5-8-16-6-3-4-7-16/h9-10,12-13,16H,2-8,11,14-15H2,1H3,(H,20,21). The zero-order valence-corrected chi connectivity index (χ0v) is 13.8. The van der Waals surface area contributed by atoms with Crippen molar-refractivity contribution >= 4 is 5.91 Å². The lowest BCUT2D eigenvalue weighted by molar-refractivity contribution is -0.121. The summed E-state index contributed by atoms with van der Waals surface area (Å²) >= 11 is 0. The van der Waals surface area contributed by atoms with Gasteiger partial charge in [-0.1, -0.05) is 37.8 Å². The number of carbonyl (C=O) groups excluding carboxylic acids is 1. The molecule has 0 aliphatic heterocycles. The number of hydrogen-bond donors (Lipinski definition) is 1. The van der Waals surface area contributed by atoms with Gasteiger partial charge in [0, 0.05) is 13.0 Å². The first-order chi connectivity index (χ1) is 10.8. The van der Waals surface area contributed by atoms with E-state index in [0.29, 0.717) is 13.0 Å². The van der Waals surface area contributed by atoms with Crippen molar-refractivity contribution in [2.24, 2.45) is 5.92 Å². The Hall–Kier alpha value is -1.51. The first-order valence-electron chi connectivity index (χ1n) is 8.76. The summed E-state index contributed by atoms with van der Waals surface area (Å²) in [6.45, 7) is 3.49. The van der Waals surface area contributed by atoms with Gasteiger partial charge in [-0.05, 0) is 49.8 Å². The van der Waals surface area contributed by atoms with E-state index in [0.717, 1.165) is 31.1 Å². The van der Waals surface area contributed by atoms with E-state index in [1.165, 1.54) is 37.7 Å². The lowest BCUT2D eigenvalue weighted by Gasteiger charge is -2.09. The van der Waals surface area contributed by atoms with Crippen LogP contribution in [0.25, 0.3) is 0 Å². The minimum absolute atomic E-state index is 0.167. The van der Waals surface area contributed by atoms with Gasteiger partial charge in [-0.15, -0.1) is 0 Å². The number of amides is 1. The van der Waals surface area contributed by atoms with Gasteiger partial charge in [0.05, 0.1) is 6.61 Å². The molecular weight excluding hydrogens is 274 g/mol. The van der Waals surface area contributed by atoms with Crippen molar-refractivity contribution in [3.8, 4) is 5.75 Å². The highest BCUT2D eigenvalue weighted by Gasteiger charge is 2.14. The smallest absolute Gasteiger partial charge is 0.220 e. The molecule has 0 saturated heterocycles. The lowest BCUT2D eigenvalue weighted by Crippen LogP contribution is -2.24. The highest BCUT2D eigenvalue weighted by atomic mass is 16.5. The number of rotatable bonds is 9. The normalized spacial score (nSPS) is 15.0. The highest BCUT2D eigenvalue weighted by Crippen LogP contribution is 2.28. The van der Waals surface area contributed by atoms with Crippen molar-refractivity contribution in [1.29, 1.82) is 0 Å². The average Bonchev–Trinajstić information content (AvgIpc) is 3.04. The number of benzene rings is 1. The topological polar surface area (TPSA) is 38.3 Å². The van der Waals surface area contributed by atoms with Gasteiger partial charge in [-0.2, -0.15) is 0 Å². The number of hydrogen-bond acceptors (Lipinski definition) is 2. The molecule has 0 aromatic heterocycles. The SMILES string of the molecule is CCOc1ccc(CCC(=O)NCCCC2CCCC2)cc1. The van der Waals surface area contributed by atoms with Crippen molar-refractivity contribution in [2.45, 2.75) is 58.3 Å². The Morgan fingerprint density at radius 1 is 1.23 bits per heavy atom. The van der Waals surface area contributed by atoms with E-state index < -0.39 is 0 Å². The van der Waals surface area contributed by atoms with Crippen LogP contribution in [0.4, 0.5) is 0 Å². The predicted octanol–water partition coefficient (Wildman–Crippen LogP) is 4.10. The molecular formula is C19H29NO2. The molecule has 3 heteroatoms. The molecule has 0 unspecified atom stereocenters. The van der Waals surface area contributed by atoms with Crippen LogP contribution in [0.1, 0.15) is 57.4 Å². The Morgan fingerprint density at radius 3 is 2.64 bits per heavy atom. The summed E-state index contributed by atoms with van der Waals surface area (Å²) in [4.78, 5) is 11.8. The van der Waals surface area contributed by atoms with Gasteiger partial charge < -0.3 is 10.1 Å². The van der Waals surface area contributed by atoms with Gasteiger partial charge in [-0.3, -0.25) is 4.79 Å². The summed E-state index contributed by atoms with van der Waals surface area (Å²) in [6, 6.07) is 8.02. The summed E-state index contributed by atoms with van der Waals surface area (Å²) in [7, 11) is 0. The van der Waals surface area contributed by atoms with Gasteiger partial charge in [0.2, 0.25) is 5.91 Å². The van der Waals surface area contributed by atoms with Crippen LogP contribution in [0.15, 0.2) is 24.3 Å². The quantitative estimate of drug-likeness (QED) is 0.697. The van der Waals surface area contributed by atoms with Crippen LogP contribution in [0, 0.1) is 5.92 Å². The molecule has 0 heterocycles. The number of ether oxygens (including phenoxy) is 1. The fourth-order valence-electron chi connectivity index (χ4n) is 3.18. The predicted molar refractivity (Wildman–Crippen MR) is 90.1 cm³/mol. The third-order valence-electron chi connectivity index (χ3n) is 4.46. The molecule has 1 aliphatic carbocycles. The minimum atomic E-state index is 0.167. The fraction of sp³-hybridized carbons (Fsp3) is 0.632. The van der Waals surface area contributed by atoms with Crippen molar-refractivity contribution < 1.29 is 9.53 Å². The molecule has 0 bridgehead atoms. The zero-order chi connectivity index (χ0) is 15.6. The van der Waals surface area contributed by atoms with Gasteiger partial charge >= 0.3 is 0 Å². The summed E-state index contributed by atoms with van der Waals surface area (Å²) < 4.78 is 5.41. The maximum absolute atomic E-state index is 11.8. The number of nitrogens with one attached hydrogen (secondary N) is 1. The Morgan fingerprint density at radius 2 is 1.95 bits per heavy atom. The second-order valence-corrected chi connectivity index (χ2v) is 6.22. The summed E-state index contributed by atoms with van der Waals surface area (Å²) in [6.07, 6.45) is 9.35. The molecule has 0 radical (unpaired) electrons. The Labute approximate surface area is 134 Å². The maximum atomic E-state index is 11.8. The molecule has 1 aliphatic rings. The van der Waals surface area contributed by atoms with Crippen LogP contribution in [0.2, 0.25) is 0 Å². The molecule has 0 spiro atoms. The second-order valence-electron chi connectivity index (χ2n) is 6.22. The Kier molecular flexibility index (Phi) is 7.27. The minimum Gasteiger partial charge on any atom is -0.494 e. The van der Waals surface area contributed by atoms with Gasteiger partial charge in [-0.25, -0.2) is 0 Å². The Bertz CT molecular complexity index is 435. The molecule has 1 aromatic rings. The molecule has 1 N–H and O–H groups in total. The largest absolute Gasteiger partial charge is 0.494 e. The Balaban J connectivity index is 1.56. The van der Waals surface area contributed by atoms with Crippen molar-refractivity contribution in [1.82, 2.24) is 5.32 Å². The molecule has 1 aromatic carbocycles. The maximum Gasteiger partial charge on any atom is 0.220 e. The van der Waals surface area contributed by atoms with E-state index in [-0.39, 0.29) is 5.91 Å². The first-order valence-corrected chi connectivity index (χ1v) is 8.76. The molecule has 22 heavy (non-hydrogen) atoms. The van der Waals surface area contributed by atoms with E-state index in [2.05, 4.69) is 5.32 Å². The van der Waals surface area contributed by atoms with E-state index in [4.69, 9.17) is 4.74 Å². The molecule has 1 saturated carbocycles. The molecule has 2 rings (SSSR count). The van der Waals surface area contributed by atoms with Crippen LogP contribution in [0.3, 0.4) is 0 Å². The average molecular weight is 303 g/mol. The molecule has 1 fully saturated rings. The van der Waals surface area contributed by atoms with E-state index >= 15 is 0 Å². The second kappa shape index (κ2) is 9.50. The van der Waals surface area contributed by atoms with Crippen LogP contribution >= 0.6 is 0 Å². The number of aryl methyl sites for hydroxylation is 1. The van der Waals surface area contributed by atoms with Crippen LogP contribution in [-0.2, 0) is 11.2 Å². The molecule has 0 atom stereocenters. The van der Waals surface area contributed by atoms with Crippen LogP contribution in [-0.4, -0.2) is 19.1 Å². The van der Waals surface area contributed by atoms with Gasteiger partial charge in [0.15, 0.2) is 0 Å². The summed E-state index contributed by atoms with van der Waals surface area (Å²) in [5.74, 6) is 1.98.